The zero-order valence-corrected chi connectivity index (χ0v) is 12.1. The van der Waals surface area contributed by atoms with E-state index in [1.807, 2.05) is 24.4 Å². The number of hydrogen-bond donors (Lipinski definition) is 0. The summed E-state index contributed by atoms with van der Waals surface area (Å²) in [7, 11) is 0. The number of benzene rings is 1. The predicted molar refractivity (Wildman–Crippen MR) is 81.2 cm³/mol. The van der Waals surface area contributed by atoms with Crippen LogP contribution in [0.2, 0.25) is 0 Å². The van der Waals surface area contributed by atoms with Crippen LogP contribution in [-0.2, 0) is 6.54 Å². The van der Waals surface area contributed by atoms with Gasteiger partial charge in [-0.05, 0) is 19.4 Å². The van der Waals surface area contributed by atoms with Crippen molar-refractivity contribution in [1.82, 2.24) is 9.88 Å². The lowest BCUT2D eigenvalue weighted by atomic mass is 10.00. The van der Waals surface area contributed by atoms with Crippen LogP contribution in [0, 0.1) is 17.2 Å². The molecule has 3 rings (SSSR count). The van der Waals surface area contributed by atoms with Gasteiger partial charge in [-0.2, -0.15) is 5.26 Å². The molecule has 0 N–H and O–H groups in total. The van der Waals surface area contributed by atoms with Gasteiger partial charge in [0.05, 0.1) is 12.0 Å². The topological polar surface area (TPSA) is 39.9 Å². The van der Waals surface area contributed by atoms with Crippen molar-refractivity contribution in [3.63, 3.8) is 0 Å². The highest BCUT2D eigenvalue weighted by atomic mass is 32.1. The van der Waals surface area contributed by atoms with Gasteiger partial charge in [0.1, 0.15) is 5.01 Å². The van der Waals surface area contributed by atoms with Crippen LogP contribution in [0.5, 0.6) is 0 Å². The van der Waals surface area contributed by atoms with Gasteiger partial charge >= 0.3 is 0 Å². The Labute approximate surface area is 123 Å². The summed E-state index contributed by atoms with van der Waals surface area (Å²) >= 11 is 1.75. The van der Waals surface area contributed by atoms with Crippen LogP contribution in [-0.4, -0.2) is 23.0 Å². The van der Waals surface area contributed by atoms with Crippen molar-refractivity contribution in [1.29, 1.82) is 5.26 Å². The molecule has 1 fully saturated rings. The Bertz CT molecular complexity index is 600. The molecule has 0 aliphatic carbocycles. The van der Waals surface area contributed by atoms with E-state index in [1.165, 1.54) is 10.4 Å². The van der Waals surface area contributed by atoms with Crippen LogP contribution in [0.1, 0.15) is 17.7 Å². The van der Waals surface area contributed by atoms with Gasteiger partial charge in [0.15, 0.2) is 0 Å². The number of rotatable bonds is 3. The van der Waals surface area contributed by atoms with E-state index in [2.05, 4.69) is 28.1 Å². The molecule has 0 radical (unpaired) electrons. The monoisotopic (exact) mass is 283 g/mol. The van der Waals surface area contributed by atoms with Crippen molar-refractivity contribution in [3.8, 4) is 16.6 Å². The predicted octanol–water partition coefficient (Wildman–Crippen LogP) is 3.55. The molecule has 2 heterocycles. The second-order valence-corrected chi connectivity index (χ2v) is 6.32. The summed E-state index contributed by atoms with van der Waals surface area (Å²) in [6.07, 6.45) is 4.15. The molecular formula is C16H17N3S. The van der Waals surface area contributed by atoms with Gasteiger partial charge < -0.3 is 0 Å². The van der Waals surface area contributed by atoms with Crippen LogP contribution < -0.4 is 0 Å². The Hall–Kier alpha value is -1.70. The third-order valence-electron chi connectivity index (χ3n) is 3.64. The summed E-state index contributed by atoms with van der Waals surface area (Å²) in [5.74, 6) is 0.199. The molecule has 1 saturated heterocycles. The van der Waals surface area contributed by atoms with Crippen molar-refractivity contribution in [2.75, 3.05) is 13.1 Å². The lowest BCUT2D eigenvalue weighted by molar-refractivity contribution is 0.193. The summed E-state index contributed by atoms with van der Waals surface area (Å²) in [4.78, 5) is 8.17. The van der Waals surface area contributed by atoms with E-state index in [0.717, 1.165) is 37.5 Å². The zero-order valence-electron chi connectivity index (χ0n) is 11.3. The van der Waals surface area contributed by atoms with E-state index < -0.39 is 0 Å². The Balaban J connectivity index is 1.67. The number of aromatic nitrogens is 1. The smallest absolute Gasteiger partial charge is 0.123 e. The van der Waals surface area contributed by atoms with Crippen LogP contribution in [0.3, 0.4) is 0 Å². The minimum absolute atomic E-state index is 0.199. The first kappa shape index (κ1) is 13.3. The fourth-order valence-electron chi connectivity index (χ4n) is 2.62. The van der Waals surface area contributed by atoms with E-state index in [-0.39, 0.29) is 5.92 Å². The third-order valence-corrected chi connectivity index (χ3v) is 4.67. The van der Waals surface area contributed by atoms with Crippen LogP contribution in [0.15, 0.2) is 36.5 Å². The number of piperidine rings is 1. The second-order valence-electron chi connectivity index (χ2n) is 5.20. The maximum absolute atomic E-state index is 9.04. The number of hydrogen-bond acceptors (Lipinski definition) is 4. The summed E-state index contributed by atoms with van der Waals surface area (Å²) in [6, 6.07) is 12.7. The third kappa shape index (κ3) is 3.06. The number of nitriles is 1. The standard InChI is InChI=1S/C16H17N3S/c17-9-13-5-4-8-19(11-13)12-15-10-18-16(20-15)14-6-2-1-3-7-14/h1-3,6-7,10,13H,4-5,8,11-12H2. The number of thiazole rings is 1. The molecule has 0 amide bonds. The second kappa shape index (κ2) is 6.17. The Morgan fingerprint density at radius 1 is 1.35 bits per heavy atom. The molecule has 1 aliphatic rings. The molecule has 1 atom stereocenters. The van der Waals surface area contributed by atoms with E-state index in [0.29, 0.717) is 0 Å². The summed E-state index contributed by atoms with van der Waals surface area (Å²) < 4.78 is 0. The highest BCUT2D eigenvalue weighted by molar-refractivity contribution is 7.15. The zero-order chi connectivity index (χ0) is 13.8. The number of likely N-dealkylation sites (tertiary alicyclic amines) is 1. The fraction of sp³-hybridized carbons (Fsp3) is 0.375. The quantitative estimate of drug-likeness (QED) is 0.865. The van der Waals surface area contributed by atoms with E-state index in [4.69, 9.17) is 5.26 Å². The van der Waals surface area contributed by atoms with E-state index in [1.54, 1.807) is 11.3 Å². The molecule has 1 aromatic carbocycles. The molecule has 102 valence electrons. The lowest BCUT2D eigenvalue weighted by Gasteiger charge is -2.28. The van der Waals surface area contributed by atoms with Crippen LogP contribution in [0.4, 0.5) is 0 Å². The first-order valence-corrected chi connectivity index (χ1v) is 7.79. The molecule has 2 aromatic rings. The maximum atomic E-state index is 9.04. The number of nitrogens with zero attached hydrogens (tertiary/aromatic N) is 3. The average Bonchev–Trinajstić information content (AvgIpc) is 2.97. The van der Waals surface area contributed by atoms with Crippen molar-refractivity contribution >= 4 is 11.3 Å². The van der Waals surface area contributed by atoms with Crippen molar-refractivity contribution < 1.29 is 0 Å². The van der Waals surface area contributed by atoms with Crippen LogP contribution in [0.25, 0.3) is 10.6 Å². The average molecular weight is 283 g/mol. The molecule has 3 nitrogen and oxygen atoms in total. The molecule has 0 saturated carbocycles. The molecular weight excluding hydrogens is 266 g/mol. The van der Waals surface area contributed by atoms with Gasteiger partial charge in [0.25, 0.3) is 0 Å². The van der Waals surface area contributed by atoms with Crippen molar-refractivity contribution in [2.24, 2.45) is 5.92 Å². The Morgan fingerprint density at radius 2 is 2.20 bits per heavy atom. The van der Waals surface area contributed by atoms with Gasteiger partial charge in [-0.1, -0.05) is 30.3 Å². The van der Waals surface area contributed by atoms with Gasteiger partial charge in [-0.3, -0.25) is 4.90 Å². The molecule has 4 heteroatoms. The summed E-state index contributed by atoms with van der Waals surface area (Å²) in [6.45, 7) is 2.91. The van der Waals surface area contributed by atoms with Gasteiger partial charge in [-0.25, -0.2) is 4.98 Å². The first-order chi connectivity index (χ1) is 9.85. The molecule has 1 unspecified atom stereocenters. The fourth-order valence-corrected chi connectivity index (χ4v) is 3.58. The van der Waals surface area contributed by atoms with Gasteiger partial charge in [0.2, 0.25) is 0 Å². The van der Waals surface area contributed by atoms with Crippen LogP contribution >= 0.6 is 11.3 Å². The lowest BCUT2D eigenvalue weighted by Crippen LogP contribution is -2.34. The molecule has 0 spiro atoms. The maximum Gasteiger partial charge on any atom is 0.123 e. The largest absolute Gasteiger partial charge is 0.297 e. The molecule has 20 heavy (non-hydrogen) atoms. The first-order valence-electron chi connectivity index (χ1n) is 6.97. The van der Waals surface area contributed by atoms with Crippen molar-refractivity contribution in [3.05, 3.63) is 41.4 Å². The normalized spacial score (nSPS) is 19.6. The van der Waals surface area contributed by atoms with E-state index >= 15 is 0 Å². The molecule has 1 aromatic heterocycles. The SMILES string of the molecule is N#CC1CCCN(Cc2cnc(-c3ccccc3)s2)C1. The van der Waals surface area contributed by atoms with Gasteiger partial charge in [-0.15, -0.1) is 11.3 Å². The summed E-state index contributed by atoms with van der Waals surface area (Å²) in [5.41, 5.74) is 1.18. The molecule has 0 bridgehead atoms. The van der Waals surface area contributed by atoms with Crippen molar-refractivity contribution in [2.45, 2.75) is 19.4 Å². The highest BCUT2D eigenvalue weighted by Crippen LogP contribution is 2.26. The van der Waals surface area contributed by atoms with E-state index in [9.17, 15) is 0 Å². The Morgan fingerprint density at radius 3 is 3.00 bits per heavy atom. The molecule has 1 aliphatic heterocycles. The minimum atomic E-state index is 0.199. The Kier molecular flexibility index (Phi) is 4.10. The highest BCUT2D eigenvalue weighted by Gasteiger charge is 2.20. The summed E-state index contributed by atoms with van der Waals surface area (Å²) in [5, 5.41) is 10.1. The minimum Gasteiger partial charge on any atom is -0.297 e. The van der Waals surface area contributed by atoms with Gasteiger partial charge in [0, 0.05) is 29.7 Å².